The van der Waals surface area contributed by atoms with Gasteiger partial charge >= 0.3 is 30.0 Å². The van der Waals surface area contributed by atoms with Gasteiger partial charge in [-0.1, -0.05) is 20.8 Å². The minimum absolute atomic E-state index is 0.0139. The van der Waals surface area contributed by atoms with Crippen molar-refractivity contribution in [2.45, 2.75) is 181 Å². The molecule has 2 saturated heterocycles. The molecule has 2 heterocycles. The summed E-state index contributed by atoms with van der Waals surface area (Å²) in [7, 11) is 0. The molecule has 0 bridgehead atoms. The standard InChI is InChI=1S/C45H73N3O19/c1-9-36-26(2)41(64-31(7)52)39(47-28(4)49)43(66-36)59-21-12-10-15-33(54)17-14-18-38(57)62-23-35(56)24-63-45(58)46-20-19-34(55)16-11-13-22-60-44-40(48-29(5)50)42(65-32(8)53)27(3)37(67-44)25-61-30(6)51/h26-27,35-37,39-44,56H,9-25H2,1-8H3,(H,46,58)(H,47,49)(H,48,50)/t26-,27-,35?,36+,37+,39+,40+,41-,42-,43+,44+/m0/s1. The molecule has 2 rings (SSSR count). The predicted octanol–water partition coefficient (Wildman–Crippen LogP) is 2.26. The lowest BCUT2D eigenvalue weighted by molar-refractivity contribution is -0.260. The van der Waals surface area contributed by atoms with Crippen molar-refractivity contribution in [3.05, 3.63) is 0 Å². The summed E-state index contributed by atoms with van der Waals surface area (Å²) in [6.07, 6.45) is -3.13. The maximum absolute atomic E-state index is 12.4. The number of alkyl carbamates (subject to hydrolysis) is 1. The molecule has 11 atom stereocenters. The Kier molecular flexibility index (Phi) is 27.3. The molecule has 2 aliphatic heterocycles. The van der Waals surface area contributed by atoms with Crippen LogP contribution in [0.2, 0.25) is 0 Å². The number of aliphatic hydroxyl groups excluding tert-OH is 1. The van der Waals surface area contributed by atoms with Crippen LogP contribution in [0.25, 0.3) is 0 Å². The zero-order valence-electron chi connectivity index (χ0n) is 40.2. The summed E-state index contributed by atoms with van der Waals surface area (Å²) in [5.41, 5.74) is 0. The van der Waals surface area contributed by atoms with Crippen LogP contribution in [0.4, 0.5) is 4.79 Å². The summed E-state index contributed by atoms with van der Waals surface area (Å²) in [5.74, 6) is -3.75. The number of ketones is 2. The van der Waals surface area contributed by atoms with Crippen molar-refractivity contribution < 1.29 is 90.9 Å². The lowest BCUT2D eigenvalue weighted by Gasteiger charge is -2.44. The quantitative estimate of drug-likeness (QED) is 0.0456. The third-order valence-corrected chi connectivity index (χ3v) is 10.9. The van der Waals surface area contributed by atoms with Crippen molar-refractivity contribution in [2.75, 3.05) is 39.6 Å². The largest absolute Gasteiger partial charge is 0.463 e. The minimum Gasteiger partial charge on any atom is -0.463 e. The number of amides is 3. The van der Waals surface area contributed by atoms with Crippen molar-refractivity contribution in [1.29, 1.82) is 0 Å². The van der Waals surface area contributed by atoms with Gasteiger partial charge in [0.05, 0.1) is 6.10 Å². The van der Waals surface area contributed by atoms with Gasteiger partial charge in [0.1, 0.15) is 67.9 Å². The first kappa shape index (κ1) is 58.4. The Labute approximate surface area is 392 Å². The number of aliphatic hydroxyl groups is 1. The number of esters is 4. The van der Waals surface area contributed by atoms with Gasteiger partial charge in [0, 0.05) is 98.3 Å². The molecule has 67 heavy (non-hydrogen) atoms. The Morgan fingerprint density at radius 2 is 1.06 bits per heavy atom. The Bertz CT molecular complexity index is 1630. The molecule has 0 aromatic rings. The van der Waals surface area contributed by atoms with Crippen molar-refractivity contribution in [1.82, 2.24) is 16.0 Å². The van der Waals surface area contributed by atoms with Crippen LogP contribution in [0, 0.1) is 11.8 Å². The summed E-state index contributed by atoms with van der Waals surface area (Å²) in [5, 5.41) is 18.0. The van der Waals surface area contributed by atoms with Crippen LogP contribution in [0.1, 0.15) is 126 Å². The number of rotatable bonds is 30. The van der Waals surface area contributed by atoms with Gasteiger partial charge in [0.15, 0.2) is 12.6 Å². The molecule has 0 aliphatic carbocycles. The molecular formula is C45H73N3O19. The van der Waals surface area contributed by atoms with E-state index in [0.717, 1.165) is 0 Å². The molecule has 0 spiro atoms. The summed E-state index contributed by atoms with van der Waals surface area (Å²) in [4.78, 5) is 108. The van der Waals surface area contributed by atoms with Crippen LogP contribution >= 0.6 is 0 Å². The fourth-order valence-electron chi connectivity index (χ4n) is 7.57. The molecule has 0 aromatic heterocycles. The van der Waals surface area contributed by atoms with E-state index in [9.17, 15) is 48.3 Å². The Balaban J connectivity index is 1.58. The highest BCUT2D eigenvalue weighted by atomic mass is 16.7. The second-order valence-corrected chi connectivity index (χ2v) is 16.8. The highest BCUT2D eigenvalue weighted by molar-refractivity contribution is 5.80. The number of hydrogen-bond donors (Lipinski definition) is 4. The third kappa shape index (κ3) is 23.2. The number of nitrogens with one attached hydrogen (secondary N) is 3. The predicted molar refractivity (Wildman–Crippen MR) is 233 cm³/mol. The fourth-order valence-corrected chi connectivity index (χ4v) is 7.57. The van der Waals surface area contributed by atoms with Gasteiger partial charge in [-0.05, 0) is 38.5 Å². The molecule has 3 amide bonds. The summed E-state index contributed by atoms with van der Waals surface area (Å²) >= 11 is 0. The maximum atomic E-state index is 12.4. The second-order valence-electron chi connectivity index (χ2n) is 16.8. The van der Waals surface area contributed by atoms with Gasteiger partial charge < -0.3 is 63.7 Å². The first-order chi connectivity index (χ1) is 31.7. The topological polar surface area (TPSA) is 293 Å². The van der Waals surface area contributed by atoms with Crippen LogP contribution in [-0.4, -0.2) is 153 Å². The molecule has 2 fully saturated rings. The summed E-state index contributed by atoms with van der Waals surface area (Å²) < 4.78 is 50.1. The highest BCUT2D eigenvalue weighted by Crippen LogP contribution is 2.32. The Morgan fingerprint density at radius 3 is 1.55 bits per heavy atom. The SMILES string of the molecule is CC[C@H]1O[C@@H](OCCCCC(=O)CCCC(=O)OCC(O)COC(=O)NCCC(=O)CCCCO[C@@H]2O[C@H](COC(C)=O)[C@H](C)[C@H](OC(C)=O)[C@H]2NC(C)=O)[C@H](NC(C)=O)[C@@H](OC(C)=O)[C@H]1C. The smallest absolute Gasteiger partial charge is 0.407 e. The highest BCUT2D eigenvalue weighted by Gasteiger charge is 2.48. The van der Waals surface area contributed by atoms with Crippen LogP contribution in [-0.2, 0) is 81.0 Å². The zero-order chi connectivity index (χ0) is 50.1. The van der Waals surface area contributed by atoms with E-state index in [0.29, 0.717) is 32.1 Å². The Hall–Kier alpha value is -4.77. The molecule has 22 heteroatoms. The van der Waals surface area contributed by atoms with Gasteiger partial charge in [0.25, 0.3) is 0 Å². The summed E-state index contributed by atoms with van der Waals surface area (Å²) in [6, 6.07) is -1.54. The first-order valence-corrected chi connectivity index (χ1v) is 23.1. The summed E-state index contributed by atoms with van der Waals surface area (Å²) in [6.45, 7) is 11.4. The van der Waals surface area contributed by atoms with E-state index in [4.69, 9.17) is 42.6 Å². The average molecular weight is 960 g/mol. The van der Waals surface area contributed by atoms with Crippen LogP contribution < -0.4 is 16.0 Å². The molecule has 2 aliphatic rings. The molecule has 0 radical (unpaired) electrons. The number of carbonyl (C=O) groups excluding carboxylic acids is 9. The molecule has 0 saturated carbocycles. The first-order valence-electron chi connectivity index (χ1n) is 23.1. The zero-order valence-corrected chi connectivity index (χ0v) is 40.2. The number of Topliss-reactive ketones (excluding diaryl/α,β-unsaturated/α-hetero) is 2. The molecule has 1 unspecified atom stereocenters. The average Bonchev–Trinajstić information content (AvgIpc) is 3.24. The maximum Gasteiger partial charge on any atom is 0.407 e. The van der Waals surface area contributed by atoms with E-state index in [2.05, 4.69) is 16.0 Å². The van der Waals surface area contributed by atoms with Crippen molar-refractivity contribution in [2.24, 2.45) is 11.8 Å². The number of hydrogen-bond acceptors (Lipinski definition) is 19. The van der Waals surface area contributed by atoms with Gasteiger partial charge in [0.2, 0.25) is 11.8 Å². The van der Waals surface area contributed by atoms with E-state index >= 15 is 0 Å². The van der Waals surface area contributed by atoms with E-state index < -0.39 is 104 Å². The second kappa shape index (κ2) is 31.3. The molecular weight excluding hydrogens is 886 g/mol. The van der Waals surface area contributed by atoms with E-state index in [1.807, 2.05) is 13.8 Å². The van der Waals surface area contributed by atoms with Gasteiger partial charge in [-0.25, -0.2) is 4.79 Å². The fraction of sp³-hybridized carbons (Fsp3) is 0.800. The van der Waals surface area contributed by atoms with Crippen molar-refractivity contribution >= 4 is 53.4 Å². The van der Waals surface area contributed by atoms with E-state index in [1.165, 1.54) is 34.6 Å². The van der Waals surface area contributed by atoms with Gasteiger partial charge in [-0.3, -0.25) is 38.4 Å². The number of carbonyl (C=O) groups is 9. The Morgan fingerprint density at radius 1 is 0.582 bits per heavy atom. The molecule has 382 valence electrons. The molecule has 0 aromatic carbocycles. The normalized spacial score (nSPS) is 25.1. The van der Waals surface area contributed by atoms with E-state index in [-0.39, 0.29) is 94.4 Å². The molecule has 22 nitrogen and oxygen atoms in total. The van der Waals surface area contributed by atoms with Gasteiger partial charge in [-0.15, -0.1) is 0 Å². The van der Waals surface area contributed by atoms with E-state index in [1.54, 1.807) is 6.92 Å². The number of unbranched alkanes of at least 4 members (excludes halogenated alkanes) is 2. The van der Waals surface area contributed by atoms with Gasteiger partial charge in [-0.2, -0.15) is 0 Å². The number of ether oxygens (including phenoxy) is 9. The minimum atomic E-state index is -1.30. The monoisotopic (exact) mass is 959 g/mol. The molecule has 4 N–H and O–H groups in total. The van der Waals surface area contributed by atoms with Crippen LogP contribution in [0.15, 0.2) is 0 Å². The van der Waals surface area contributed by atoms with Crippen LogP contribution in [0.3, 0.4) is 0 Å². The van der Waals surface area contributed by atoms with Crippen molar-refractivity contribution in [3.8, 4) is 0 Å². The van der Waals surface area contributed by atoms with Crippen molar-refractivity contribution in [3.63, 3.8) is 0 Å². The van der Waals surface area contributed by atoms with Crippen LogP contribution in [0.5, 0.6) is 0 Å². The lowest BCUT2D eigenvalue weighted by atomic mass is 9.87. The lowest BCUT2D eigenvalue weighted by Crippen LogP contribution is -2.63. The third-order valence-electron chi connectivity index (χ3n) is 10.9.